The second-order valence-electron chi connectivity index (χ2n) is 12.2. The molecule has 0 bridgehead atoms. The van der Waals surface area contributed by atoms with E-state index in [0.29, 0.717) is 31.0 Å². The first kappa shape index (κ1) is 26.3. The number of piperidine rings is 1. The molecule has 3 aromatic rings. The number of alkyl halides is 2. The van der Waals surface area contributed by atoms with Gasteiger partial charge in [-0.25, -0.2) is 8.78 Å². The molecule has 1 aliphatic carbocycles. The van der Waals surface area contributed by atoms with Gasteiger partial charge in [-0.15, -0.1) is 0 Å². The SMILES string of the molecule is COc1cc(C)c2[nH]ccc2c1CN1CCC2(C[C@@H]1c1ccc(C(=O)NCC3CN(C)C3)cc1)CC(F)(F)C2. The number of amides is 1. The number of benzene rings is 2. The summed E-state index contributed by atoms with van der Waals surface area (Å²) in [6.07, 6.45) is 3.34. The highest BCUT2D eigenvalue weighted by Crippen LogP contribution is 2.60. The Balaban J connectivity index is 1.25. The largest absolute Gasteiger partial charge is 0.496 e. The van der Waals surface area contributed by atoms with Crippen LogP contribution in [-0.4, -0.2) is 67.0 Å². The zero-order chi connectivity index (χ0) is 27.4. The summed E-state index contributed by atoms with van der Waals surface area (Å²) in [6.45, 7) is 6.17. The molecule has 3 heterocycles. The third-order valence-corrected chi connectivity index (χ3v) is 9.21. The first-order valence-corrected chi connectivity index (χ1v) is 14.0. The molecule has 6 nitrogen and oxygen atoms in total. The van der Waals surface area contributed by atoms with Gasteiger partial charge in [-0.1, -0.05) is 12.1 Å². The molecule has 0 unspecified atom stereocenters. The summed E-state index contributed by atoms with van der Waals surface area (Å²) in [7, 11) is 3.78. The second-order valence-corrected chi connectivity index (χ2v) is 12.2. The molecule has 3 fully saturated rings. The molecule has 1 spiro atoms. The van der Waals surface area contributed by atoms with Gasteiger partial charge in [0.2, 0.25) is 5.92 Å². The molecule has 1 aromatic heterocycles. The highest BCUT2D eigenvalue weighted by Gasteiger charge is 2.58. The molecule has 208 valence electrons. The second kappa shape index (κ2) is 9.89. The molecule has 2 N–H and O–H groups in total. The number of H-pyrrole nitrogens is 1. The number of fused-ring (bicyclic) bond motifs is 1. The van der Waals surface area contributed by atoms with E-state index >= 15 is 0 Å². The Morgan fingerprint density at radius 2 is 1.92 bits per heavy atom. The minimum absolute atomic E-state index is 0.0162. The Bertz CT molecular complexity index is 1350. The molecule has 2 aliphatic heterocycles. The van der Waals surface area contributed by atoms with Gasteiger partial charge in [0.15, 0.2) is 0 Å². The molecular weight excluding hydrogens is 498 g/mol. The molecule has 6 rings (SSSR count). The fraction of sp³-hybridized carbons (Fsp3) is 0.516. The van der Waals surface area contributed by atoms with Gasteiger partial charge >= 0.3 is 0 Å². The summed E-state index contributed by atoms with van der Waals surface area (Å²) in [6, 6.07) is 11.9. The van der Waals surface area contributed by atoms with E-state index in [9.17, 15) is 13.6 Å². The number of aryl methyl sites for hydroxylation is 1. The normalized spacial score (nSPS) is 22.9. The number of methoxy groups -OCH3 is 1. The van der Waals surface area contributed by atoms with Crippen LogP contribution in [0.5, 0.6) is 5.75 Å². The minimum Gasteiger partial charge on any atom is -0.496 e. The maximum Gasteiger partial charge on any atom is 0.251 e. The highest BCUT2D eigenvalue weighted by molar-refractivity contribution is 5.94. The van der Waals surface area contributed by atoms with E-state index in [4.69, 9.17) is 4.74 Å². The third kappa shape index (κ3) is 5.05. The lowest BCUT2D eigenvalue weighted by atomic mass is 9.59. The van der Waals surface area contributed by atoms with Crippen LogP contribution in [0.25, 0.3) is 10.9 Å². The fourth-order valence-electron chi connectivity index (χ4n) is 7.20. The van der Waals surface area contributed by atoms with Gasteiger partial charge in [-0.3, -0.25) is 9.69 Å². The number of carbonyl (C=O) groups is 1. The Morgan fingerprint density at radius 3 is 2.59 bits per heavy atom. The molecule has 0 radical (unpaired) electrons. The number of rotatable bonds is 7. The summed E-state index contributed by atoms with van der Waals surface area (Å²) in [5, 5.41) is 4.19. The van der Waals surface area contributed by atoms with Crippen molar-refractivity contribution in [2.24, 2.45) is 11.3 Å². The van der Waals surface area contributed by atoms with Crippen LogP contribution in [0.4, 0.5) is 8.78 Å². The molecule has 39 heavy (non-hydrogen) atoms. The Kier molecular flexibility index (Phi) is 6.66. The van der Waals surface area contributed by atoms with Crippen molar-refractivity contribution in [1.29, 1.82) is 0 Å². The number of nitrogens with zero attached hydrogens (tertiary/aromatic N) is 2. The molecule has 3 aliphatic rings. The van der Waals surface area contributed by atoms with Crippen molar-refractivity contribution in [3.8, 4) is 5.75 Å². The van der Waals surface area contributed by atoms with Crippen LogP contribution >= 0.6 is 0 Å². The summed E-state index contributed by atoms with van der Waals surface area (Å²) in [5.74, 6) is -1.26. The van der Waals surface area contributed by atoms with Gasteiger partial charge in [0, 0.05) is 79.2 Å². The van der Waals surface area contributed by atoms with Gasteiger partial charge in [0.1, 0.15) is 5.75 Å². The average molecular weight is 537 g/mol. The first-order chi connectivity index (χ1) is 18.7. The van der Waals surface area contributed by atoms with Gasteiger partial charge < -0.3 is 19.9 Å². The van der Waals surface area contributed by atoms with Gasteiger partial charge in [0.25, 0.3) is 5.91 Å². The van der Waals surface area contributed by atoms with Crippen molar-refractivity contribution >= 4 is 16.8 Å². The summed E-state index contributed by atoms with van der Waals surface area (Å²) in [4.78, 5) is 20.7. The van der Waals surface area contributed by atoms with E-state index in [1.54, 1.807) is 7.11 Å². The van der Waals surface area contributed by atoms with Crippen molar-refractivity contribution in [1.82, 2.24) is 20.1 Å². The molecule has 8 heteroatoms. The fourth-order valence-corrected chi connectivity index (χ4v) is 7.20. The maximum absolute atomic E-state index is 14.1. The lowest BCUT2D eigenvalue weighted by Crippen LogP contribution is -2.53. The zero-order valence-electron chi connectivity index (χ0n) is 23.0. The molecule has 1 amide bonds. The number of ether oxygens (including phenoxy) is 1. The van der Waals surface area contributed by atoms with Gasteiger partial charge in [0.05, 0.1) is 7.11 Å². The number of carbonyl (C=O) groups excluding carboxylic acids is 1. The number of aromatic nitrogens is 1. The van der Waals surface area contributed by atoms with E-state index in [1.807, 2.05) is 30.5 Å². The summed E-state index contributed by atoms with van der Waals surface area (Å²) < 4.78 is 33.9. The Morgan fingerprint density at radius 1 is 1.18 bits per heavy atom. The van der Waals surface area contributed by atoms with E-state index in [0.717, 1.165) is 59.4 Å². The Hall–Kier alpha value is -2.97. The van der Waals surface area contributed by atoms with Crippen LogP contribution < -0.4 is 10.1 Å². The van der Waals surface area contributed by atoms with Crippen molar-refractivity contribution in [2.75, 3.05) is 40.3 Å². The lowest BCUT2D eigenvalue weighted by molar-refractivity contribution is -0.186. The van der Waals surface area contributed by atoms with Crippen LogP contribution in [0.3, 0.4) is 0 Å². The number of hydrogen-bond donors (Lipinski definition) is 2. The van der Waals surface area contributed by atoms with Crippen molar-refractivity contribution in [3.63, 3.8) is 0 Å². The number of aromatic amines is 1. The average Bonchev–Trinajstić information content (AvgIpc) is 3.38. The van der Waals surface area contributed by atoms with Crippen LogP contribution in [0, 0.1) is 18.3 Å². The van der Waals surface area contributed by atoms with Crippen LogP contribution in [0.2, 0.25) is 0 Å². The zero-order valence-corrected chi connectivity index (χ0v) is 23.0. The molecule has 1 saturated carbocycles. The first-order valence-electron chi connectivity index (χ1n) is 14.0. The topological polar surface area (TPSA) is 60.6 Å². The van der Waals surface area contributed by atoms with E-state index in [1.165, 1.54) is 0 Å². The van der Waals surface area contributed by atoms with Crippen molar-refractivity contribution in [3.05, 3.63) is 64.8 Å². The Labute approximate surface area is 228 Å². The predicted octanol–water partition coefficient (Wildman–Crippen LogP) is 5.53. The molecular formula is C31H38F2N4O2. The summed E-state index contributed by atoms with van der Waals surface area (Å²) >= 11 is 0. The van der Waals surface area contributed by atoms with Gasteiger partial charge in [-0.05, 0) is 74.2 Å². The molecule has 1 atom stereocenters. The van der Waals surface area contributed by atoms with E-state index in [-0.39, 0.29) is 30.2 Å². The van der Waals surface area contributed by atoms with Crippen LogP contribution in [-0.2, 0) is 6.54 Å². The van der Waals surface area contributed by atoms with E-state index < -0.39 is 5.92 Å². The third-order valence-electron chi connectivity index (χ3n) is 9.21. The minimum atomic E-state index is -2.55. The number of likely N-dealkylation sites (tertiary alicyclic amines) is 2. The number of nitrogens with one attached hydrogen (secondary N) is 2. The number of hydrogen-bond acceptors (Lipinski definition) is 4. The molecule has 2 aromatic carbocycles. The maximum atomic E-state index is 14.1. The van der Waals surface area contributed by atoms with Crippen molar-refractivity contribution in [2.45, 2.75) is 51.1 Å². The summed E-state index contributed by atoms with van der Waals surface area (Å²) in [5.41, 5.74) is 4.71. The standard InChI is InChI=1S/C31H38F2N4O2/c1-20-12-27(39-3)25(24-8-10-34-28(20)24)17-37-11-9-30(18-31(32,33)19-30)13-26(37)22-4-6-23(7-5-22)29(38)35-14-21-15-36(2)16-21/h4-8,10,12,21,26,34H,9,11,13-19H2,1-3H3,(H,35,38)/t26-/m1/s1. The predicted molar refractivity (Wildman–Crippen MR) is 148 cm³/mol. The monoisotopic (exact) mass is 536 g/mol. The smallest absolute Gasteiger partial charge is 0.251 e. The van der Waals surface area contributed by atoms with Crippen LogP contribution in [0.1, 0.15) is 58.8 Å². The van der Waals surface area contributed by atoms with Gasteiger partial charge in [-0.2, -0.15) is 0 Å². The lowest BCUT2D eigenvalue weighted by Gasteiger charge is -2.54. The number of halogens is 2. The van der Waals surface area contributed by atoms with Crippen molar-refractivity contribution < 1.29 is 18.3 Å². The quantitative estimate of drug-likeness (QED) is 0.417. The van der Waals surface area contributed by atoms with E-state index in [2.05, 4.69) is 46.2 Å². The highest BCUT2D eigenvalue weighted by atomic mass is 19.3. The molecule has 2 saturated heterocycles. The van der Waals surface area contributed by atoms with Crippen LogP contribution in [0.15, 0.2) is 42.6 Å².